The molecule has 19 heavy (non-hydrogen) atoms. The van der Waals surface area contributed by atoms with Gasteiger partial charge in [0.15, 0.2) is 5.82 Å². The highest BCUT2D eigenvalue weighted by Crippen LogP contribution is 2.18. The van der Waals surface area contributed by atoms with Crippen LogP contribution in [0.25, 0.3) is 11.4 Å². The van der Waals surface area contributed by atoms with Crippen molar-refractivity contribution in [1.29, 1.82) is 0 Å². The van der Waals surface area contributed by atoms with E-state index in [1.807, 2.05) is 38.1 Å². The molecule has 2 aromatic rings. The Morgan fingerprint density at radius 3 is 2.95 bits per heavy atom. The van der Waals surface area contributed by atoms with Crippen molar-refractivity contribution in [1.82, 2.24) is 20.2 Å². The van der Waals surface area contributed by atoms with Gasteiger partial charge in [0, 0.05) is 18.5 Å². The Hall–Kier alpha value is -2.24. The van der Waals surface area contributed by atoms with Gasteiger partial charge >= 0.3 is 5.97 Å². The van der Waals surface area contributed by atoms with Gasteiger partial charge in [0.1, 0.15) is 0 Å². The summed E-state index contributed by atoms with van der Waals surface area (Å²) in [6.07, 6.45) is 0.104. The maximum Gasteiger partial charge on any atom is 0.303 e. The number of hydrogen-bond donors (Lipinski definition) is 1. The summed E-state index contributed by atoms with van der Waals surface area (Å²) in [6.45, 7) is 4.36. The summed E-state index contributed by atoms with van der Waals surface area (Å²) in [5.74, 6) is -0.164. The van der Waals surface area contributed by atoms with Crippen molar-refractivity contribution in [2.24, 2.45) is 5.92 Å². The highest BCUT2D eigenvalue weighted by molar-refractivity contribution is 5.66. The monoisotopic (exact) mass is 260 g/mol. The molecule has 1 heterocycles. The van der Waals surface area contributed by atoms with Crippen LogP contribution in [0.1, 0.15) is 18.9 Å². The Labute approximate surface area is 111 Å². The lowest BCUT2D eigenvalue weighted by molar-refractivity contribution is -0.138. The van der Waals surface area contributed by atoms with Gasteiger partial charge in [-0.2, -0.15) is 0 Å². The molecule has 2 rings (SSSR count). The second-order valence-electron chi connectivity index (χ2n) is 4.76. The van der Waals surface area contributed by atoms with Crippen molar-refractivity contribution in [2.45, 2.75) is 26.8 Å². The van der Waals surface area contributed by atoms with E-state index < -0.39 is 5.97 Å². The molecule has 0 aliphatic carbocycles. The molecular weight excluding hydrogens is 244 g/mol. The summed E-state index contributed by atoms with van der Waals surface area (Å²) >= 11 is 0. The van der Waals surface area contributed by atoms with Gasteiger partial charge in [-0.25, -0.2) is 4.68 Å². The molecule has 100 valence electrons. The first-order valence-corrected chi connectivity index (χ1v) is 6.11. The van der Waals surface area contributed by atoms with Crippen LogP contribution in [-0.2, 0) is 11.3 Å². The maximum atomic E-state index is 10.7. The van der Waals surface area contributed by atoms with E-state index in [1.165, 1.54) is 0 Å². The number of benzene rings is 1. The van der Waals surface area contributed by atoms with Crippen LogP contribution in [0.5, 0.6) is 0 Å². The van der Waals surface area contributed by atoms with Crippen molar-refractivity contribution in [3.05, 3.63) is 29.8 Å². The number of tetrazole rings is 1. The standard InChI is InChI=1S/C13H16N4O2/c1-9-4-3-5-11(6-9)13-14-15-16-17(13)8-10(2)7-12(18)19/h3-6,10H,7-8H2,1-2H3,(H,18,19). The van der Waals surface area contributed by atoms with E-state index >= 15 is 0 Å². The summed E-state index contributed by atoms with van der Waals surface area (Å²) in [5.41, 5.74) is 2.07. The molecule has 1 unspecified atom stereocenters. The fraction of sp³-hybridized carbons (Fsp3) is 0.385. The Kier molecular flexibility index (Phi) is 3.89. The molecule has 1 N–H and O–H groups in total. The van der Waals surface area contributed by atoms with Crippen molar-refractivity contribution < 1.29 is 9.90 Å². The van der Waals surface area contributed by atoms with E-state index in [1.54, 1.807) is 4.68 Å². The fourth-order valence-electron chi connectivity index (χ4n) is 1.98. The molecule has 0 aliphatic rings. The fourth-order valence-corrected chi connectivity index (χ4v) is 1.98. The second-order valence-corrected chi connectivity index (χ2v) is 4.76. The Morgan fingerprint density at radius 2 is 2.26 bits per heavy atom. The van der Waals surface area contributed by atoms with Crippen molar-refractivity contribution in [3.63, 3.8) is 0 Å². The highest BCUT2D eigenvalue weighted by Gasteiger charge is 2.14. The lowest BCUT2D eigenvalue weighted by Gasteiger charge is -2.10. The third-order valence-electron chi connectivity index (χ3n) is 2.82. The first-order chi connectivity index (χ1) is 9.06. The molecule has 0 amide bonds. The van der Waals surface area contributed by atoms with Crippen LogP contribution in [0.4, 0.5) is 0 Å². The molecule has 1 aromatic carbocycles. The smallest absolute Gasteiger partial charge is 0.303 e. The lowest BCUT2D eigenvalue weighted by Crippen LogP contribution is -2.14. The molecule has 0 fully saturated rings. The maximum absolute atomic E-state index is 10.7. The van der Waals surface area contributed by atoms with Gasteiger partial charge in [0.2, 0.25) is 0 Å². The van der Waals surface area contributed by atoms with Crippen LogP contribution in [0.2, 0.25) is 0 Å². The molecule has 1 aromatic heterocycles. The molecule has 0 saturated heterocycles. The minimum atomic E-state index is -0.808. The number of aromatic nitrogens is 4. The van der Waals surface area contributed by atoms with E-state index in [0.717, 1.165) is 11.1 Å². The number of nitrogens with zero attached hydrogens (tertiary/aromatic N) is 4. The zero-order chi connectivity index (χ0) is 13.8. The second kappa shape index (κ2) is 5.60. The number of rotatable bonds is 5. The number of carboxylic acid groups (broad SMARTS) is 1. The molecule has 0 spiro atoms. The van der Waals surface area contributed by atoms with Crippen LogP contribution in [0.15, 0.2) is 24.3 Å². The summed E-state index contributed by atoms with van der Waals surface area (Å²) in [5, 5.41) is 20.4. The minimum Gasteiger partial charge on any atom is -0.481 e. The first-order valence-electron chi connectivity index (χ1n) is 6.11. The van der Waals surface area contributed by atoms with Gasteiger partial charge < -0.3 is 5.11 Å². The quantitative estimate of drug-likeness (QED) is 0.885. The molecule has 0 aliphatic heterocycles. The highest BCUT2D eigenvalue weighted by atomic mass is 16.4. The third-order valence-corrected chi connectivity index (χ3v) is 2.82. The van der Waals surface area contributed by atoms with E-state index in [-0.39, 0.29) is 12.3 Å². The van der Waals surface area contributed by atoms with Crippen LogP contribution in [0.3, 0.4) is 0 Å². The zero-order valence-electron chi connectivity index (χ0n) is 10.9. The largest absolute Gasteiger partial charge is 0.481 e. The molecule has 6 heteroatoms. The number of hydrogen-bond acceptors (Lipinski definition) is 4. The number of aryl methyl sites for hydroxylation is 1. The van der Waals surface area contributed by atoms with Gasteiger partial charge in [-0.3, -0.25) is 4.79 Å². The van der Waals surface area contributed by atoms with Gasteiger partial charge in [-0.05, 0) is 29.3 Å². The zero-order valence-corrected chi connectivity index (χ0v) is 10.9. The number of carboxylic acids is 1. The van der Waals surface area contributed by atoms with Gasteiger partial charge in [0.25, 0.3) is 0 Å². The number of carbonyl (C=O) groups is 1. The van der Waals surface area contributed by atoms with E-state index in [4.69, 9.17) is 5.11 Å². The van der Waals surface area contributed by atoms with E-state index in [9.17, 15) is 4.79 Å². The lowest BCUT2D eigenvalue weighted by atomic mass is 10.1. The summed E-state index contributed by atoms with van der Waals surface area (Å²) < 4.78 is 1.66. The number of aliphatic carboxylic acids is 1. The average Bonchev–Trinajstić information content (AvgIpc) is 2.75. The average molecular weight is 260 g/mol. The molecule has 1 atom stereocenters. The van der Waals surface area contributed by atoms with Gasteiger partial charge in [-0.15, -0.1) is 5.10 Å². The SMILES string of the molecule is Cc1cccc(-c2nnnn2CC(C)CC(=O)O)c1. The summed E-state index contributed by atoms with van der Waals surface area (Å²) in [4.78, 5) is 10.7. The van der Waals surface area contributed by atoms with Crippen LogP contribution >= 0.6 is 0 Å². The summed E-state index contributed by atoms with van der Waals surface area (Å²) in [6, 6.07) is 7.90. The van der Waals surface area contributed by atoms with Crippen LogP contribution < -0.4 is 0 Å². The van der Waals surface area contributed by atoms with E-state index in [2.05, 4.69) is 15.5 Å². The molecule has 6 nitrogen and oxygen atoms in total. The summed E-state index contributed by atoms with van der Waals surface area (Å²) in [7, 11) is 0. The Balaban J connectivity index is 2.20. The van der Waals surface area contributed by atoms with Crippen molar-refractivity contribution in [3.8, 4) is 11.4 Å². The molecular formula is C13H16N4O2. The van der Waals surface area contributed by atoms with Crippen LogP contribution in [0, 0.1) is 12.8 Å². The molecule has 0 saturated carbocycles. The molecule has 0 radical (unpaired) electrons. The Morgan fingerprint density at radius 1 is 1.47 bits per heavy atom. The predicted octanol–water partition coefficient (Wildman–Crippen LogP) is 1.76. The van der Waals surface area contributed by atoms with Crippen LogP contribution in [-0.4, -0.2) is 31.3 Å². The van der Waals surface area contributed by atoms with Gasteiger partial charge in [-0.1, -0.05) is 30.7 Å². The third kappa shape index (κ3) is 3.37. The molecule has 0 bridgehead atoms. The first kappa shape index (κ1) is 13.2. The minimum absolute atomic E-state index is 0.0236. The topological polar surface area (TPSA) is 80.9 Å². The van der Waals surface area contributed by atoms with Crippen molar-refractivity contribution >= 4 is 5.97 Å². The Bertz CT molecular complexity index is 580. The van der Waals surface area contributed by atoms with Gasteiger partial charge in [0.05, 0.1) is 0 Å². The van der Waals surface area contributed by atoms with Crippen molar-refractivity contribution in [2.75, 3.05) is 0 Å². The van der Waals surface area contributed by atoms with E-state index in [0.29, 0.717) is 12.4 Å². The normalized spacial score (nSPS) is 12.3. The predicted molar refractivity (Wildman–Crippen MR) is 69.4 cm³/mol.